The second kappa shape index (κ2) is 12.1. The molecule has 0 aromatic carbocycles. The monoisotopic (exact) mass is 275 g/mol. The van der Waals surface area contributed by atoms with Gasteiger partial charge in [-0.15, -0.1) is 0 Å². The normalized spacial score (nSPS) is 12.0. The van der Waals surface area contributed by atoms with Gasteiger partial charge in [-0.05, 0) is 19.3 Å². The minimum atomic E-state index is -1.39. The lowest BCUT2D eigenvalue weighted by atomic mass is 10.3. The van der Waals surface area contributed by atoms with Crippen LogP contribution in [0.1, 0.15) is 59.3 Å². The zero-order valence-corrected chi connectivity index (χ0v) is 13.0. The standard InChI is InChI=1S/C13H27O4Si/c1-4-7-10-14-13(17-18,15-11-8-5-2)16-12-9-6-3/h4-12H2,1-3H3. The van der Waals surface area contributed by atoms with E-state index >= 15 is 0 Å². The molecule has 0 spiro atoms. The van der Waals surface area contributed by atoms with Crippen molar-refractivity contribution in [3.05, 3.63) is 0 Å². The lowest BCUT2D eigenvalue weighted by Crippen LogP contribution is -2.42. The molecule has 0 atom stereocenters. The van der Waals surface area contributed by atoms with E-state index in [2.05, 4.69) is 31.3 Å². The van der Waals surface area contributed by atoms with E-state index < -0.39 is 6.16 Å². The number of rotatable bonds is 13. The Balaban J connectivity index is 4.20. The topological polar surface area (TPSA) is 36.9 Å². The van der Waals surface area contributed by atoms with Gasteiger partial charge < -0.3 is 18.6 Å². The van der Waals surface area contributed by atoms with E-state index in [-0.39, 0.29) is 0 Å². The van der Waals surface area contributed by atoms with Crippen LogP contribution in [0.15, 0.2) is 0 Å². The molecule has 0 amide bonds. The Morgan fingerprint density at radius 1 is 0.722 bits per heavy atom. The second-order valence-corrected chi connectivity index (χ2v) is 4.41. The summed E-state index contributed by atoms with van der Waals surface area (Å²) < 4.78 is 21.9. The SMILES string of the molecule is CCCCOC(O[Si])(OCCCC)OCCCC. The molecule has 3 radical (unpaired) electrons. The maximum atomic E-state index is 5.60. The van der Waals surface area contributed by atoms with Crippen molar-refractivity contribution in [2.24, 2.45) is 0 Å². The van der Waals surface area contributed by atoms with Gasteiger partial charge in [-0.25, -0.2) is 0 Å². The highest BCUT2D eigenvalue weighted by atomic mass is 28.2. The Morgan fingerprint density at radius 3 is 1.28 bits per heavy atom. The summed E-state index contributed by atoms with van der Waals surface area (Å²) in [5.41, 5.74) is 0. The minimum absolute atomic E-state index is 0.555. The van der Waals surface area contributed by atoms with Gasteiger partial charge in [0.2, 0.25) is 0 Å². The zero-order chi connectivity index (χ0) is 13.7. The van der Waals surface area contributed by atoms with Crippen molar-refractivity contribution in [3.8, 4) is 0 Å². The summed E-state index contributed by atoms with van der Waals surface area (Å²) in [6.45, 7) is 7.98. The van der Waals surface area contributed by atoms with Crippen LogP contribution in [0, 0.1) is 0 Å². The van der Waals surface area contributed by atoms with Gasteiger partial charge in [0, 0.05) is 0 Å². The van der Waals surface area contributed by atoms with Crippen LogP contribution in [0.3, 0.4) is 0 Å². The molecule has 0 unspecified atom stereocenters. The van der Waals surface area contributed by atoms with Crippen LogP contribution in [0.4, 0.5) is 0 Å². The first kappa shape index (κ1) is 18.1. The summed E-state index contributed by atoms with van der Waals surface area (Å²) in [7, 11) is 3.01. The fraction of sp³-hybridized carbons (Fsp3) is 1.00. The first-order valence-corrected chi connectivity index (χ1v) is 7.42. The maximum absolute atomic E-state index is 5.60. The molecular weight excluding hydrogens is 248 g/mol. The molecular formula is C13H27O4Si. The Morgan fingerprint density at radius 2 is 1.06 bits per heavy atom. The van der Waals surface area contributed by atoms with Crippen molar-refractivity contribution >= 4 is 10.5 Å². The van der Waals surface area contributed by atoms with E-state index in [0.29, 0.717) is 19.8 Å². The lowest BCUT2D eigenvalue weighted by Gasteiger charge is -2.31. The quantitative estimate of drug-likeness (QED) is 0.294. The molecule has 0 rings (SSSR count). The van der Waals surface area contributed by atoms with Gasteiger partial charge in [0.05, 0.1) is 19.8 Å². The molecule has 0 fully saturated rings. The summed E-state index contributed by atoms with van der Waals surface area (Å²) in [4.78, 5) is 0. The van der Waals surface area contributed by atoms with E-state index in [1.165, 1.54) is 0 Å². The molecule has 4 nitrogen and oxygen atoms in total. The molecule has 5 heteroatoms. The summed E-state index contributed by atoms with van der Waals surface area (Å²) in [6, 6.07) is 0. The first-order chi connectivity index (χ1) is 8.74. The Labute approximate surface area is 115 Å². The van der Waals surface area contributed by atoms with Crippen LogP contribution in [-0.2, 0) is 18.6 Å². The van der Waals surface area contributed by atoms with Crippen molar-refractivity contribution in [1.29, 1.82) is 0 Å². The molecule has 0 bridgehead atoms. The number of ether oxygens (including phenoxy) is 3. The van der Waals surface area contributed by atoms with Crippen LogP contribution < -0.4 is 0 Å². The average molecular weight is 275 g/mol. The van der Waals surface area contributed by atoms with Crippen molar-refractivity contribution in [2.45, 2.75) is 65.5 Å². The molecule has 0 N–H and O–H groups in total. The molecule has 0 aromatic rings. The van der Waals surface area contributed by atoms with Gasteiger partial charge in [-0.3, -0.25) is 0 Å². The van der Waals surface area contributed by atoms with Crippen LogP contribution in [-0.4, -0.2) is 36.5 Å². The third-order valence-corrected chi connectivity index (χ3v) is 2.71. The van der Waals surface area contributed by atoms with Crippen molar-refractivity contribution in [1.82, 2.24) is 0 Å². The summed E-state index contributed by atoms with van der Waals surface area (Å²) in [6.07, 6.45) is 4.63. The number of hydrogen-bond acceptors (Lipinski definition) is 4. The van der Waals surface area contributed by atoms with Gasteiger partial charge >= 0.3 is 6.16 Å². The predicted molar refractivity (Wildman–Crippen MR) is 72.2 cm³/mol. The van der Waals surface area contributed by atoms with Crippen LogP contribution >= 0.6 is 0 Å². The molecule has 0 saturated heterocycles. The van der Waals surface area contributed by atoms with Crippen LogP contribution in [0.25, 0.3) is 0 Å². The largest absolute Gasteiger partial charge is 0.402 e. The van der Waals surface area contributed by atoms with Crippen molar-refractivity contribution in [3.63, 3.8) is 0 Å². The molecule has 0 aliphatic heterocycles. The van der Waals surface area contributed by atoms with Crippen molar-refractivity contribution < 1.29 is 18.6 Å². The summed E-state index contributed by atoms with van der Waals surface area (Å²) >= 11 is 0. The van der Waals surface area contributed by atoms with Crippen LogP contribution in [0.2, 0.25) is 0 Å². The highest BCUT2D eigenvalue weighted by molar-refractivity contribution is 5.98. The molecule has 18 heavy (non-hydrogen) atoms. The smallest absolute Gasteiger partial charge is 0.347 e. The Bertz CT molecular complexity index is 152. The molecule has 107 valence electrons. The highest BCUT2D eigenvalue weighted by Gasteiger charge is 2.33. The average Bonchev–Trinajstić information content (AvgIpc) is 2.39. The number of unbranched alkanes of at least 4 members (excludes halogenated alkanes) is 3. The van der Waals surface area contributed by atoms with Gasteiger partial charge in [-0.1, -0.05) is 40.0 Å². The second-order valence-electron chi connectivity index (χ2n) is 4.21. The summed E-state index contributed by atoms with van der Waals surface area (Å²) in [5.74, 6) is 0. The first-order valence-electron chi connectivity index (χ1n) is 7.01. The van der Waals surface area contributed by atoms with Gasteiger partial charge in [-0.2, -0.15) is 0 Å². The van der Waals surface area contributed by atoms with Crippen molar-refractivity contribution in [2.75, 3.05) is 19.8 Å². The Kier molecular flexibility index (Phi) is 12.1. The molecule has 0 aromatic heterocycles. The van der Waals surface area contributed by atoms with E-state index in [1.54, 1.807) is 0 Å². The molecule has 0 aliphatic rings. The lowest BCUT2D eigenvalue weighted by molar-refractivity contribution is -0.471. The zero-order valence-electron chi connectivity index (χ0n) is 12.0. The van der Waals surface area contributed by atoms with Crippen LogP contribution in [0.5, 0.6) is 0 Å². The summed E-state index contributed by atoms with van der Waals surface area (Å²) in [5, 5.41) is 0. The Hall–Kier alpha value is 0.0569. The third kappa shape index (κ3) is 8.21. The third-order valence-electron chi connectivity index (χ3n) is 2.46. The fourth-order valence-electron chi connectivity index (χ4n) is 1.24. The minimum Gasteiger partial charge on any atom is -0.347 e. The van der Waals surface area contributed by atoms with E-state index in [9.17, 15) is 0 Å². The molecule has 0 saturated carbocycles. The van der Waals surface area contributed by atoms with Gasteiger partial charge in [0.25, 0.3) is 10.5 Å². The van der Waals surface area contributed by atoms with Gasteiger partial charge in [0.1, 0.15) is 0 Å². The molecule has 0 heterocycles. The van der Waals surface area contributed by atoms with Gasteiger partial charge in [0.15, 0.2) is 0 Å². The van der Waals surface area contributed by atoms with E-state index in [4.69, 9.17) is 18.6 Å². The maximum Gasteiger partial charge on any atom is 0.402 e. The predicted octanol–water partition coefficient (Wildman–Crippen LogP) is 3.15. The van der Waals surface area contributed by atoms with E-state index in [1.807, 2.05) is 0 Å². The van der Waals surface area contributed by atoms with E-state index in [0.717, 1.165) is 38.5 Å². The fourth-order valence-corrected chi connectivity index (χ4v) is 1.41. The number of hydrogen-bond donors (Lipinski definition) is 0. The highest BCUT2D eigenvalue weighted by Crippen LogP contribution is 2.18. The molecule has 0 aliphatic carbocycles.